The quantitative estimate of drug-likeness (QED) is 0.474. The zero-order valence-corrected chi connectivity index (χ0v) is 6.58. The molecule has 0 spiro atoms. The molecular formula is C4H7N3S2. The number of rotatable bonds is 2. The maximum absolute atomic E-state index is 4.69. The van der Waals surface area contributed by atoms with Gasteiger partial charge in [-0.3, -0.25) is 10.4 Å². The molecule has 0 fully saturated rings. The van der Waals surface area contributed by atoms with Crippen LogP contribution in [0.25, 0.3) is 0 Å². The van der Waals surface area contributed by atoms with Crippen LogP contribution in [0.2, 0.25) is 0 Å². The summed E-state index contributed by atoms with van der Waals surface area (Å²) in [5.74, 6) is 0. The summed E-state index contributed by atoms with van der Waals surface area (Å²) in [6.07, 6.45) is 1.85. The maximum Gasteiger partial charge on any atom is 0.0814 e. The first-order valence-electron chi connectivity index (χ1n) is 2.41. The van der Waals surface area contributed by atoms with Crippen molar-refractivity contribution in [3.8, 4) is 0 Å². The molecule has 0 bridgehead atoms. The minimum Gasteiger partial charge on any atom is -0.298 e. The van der Waals surface area contributed by atoms with Gasteiger partial charge in [0.05, 0.1) is 5.49 Å². The van der Waals surface area contributed by atoms with Crippen molar-refractivity contribution in [1.29, 1.82) is 0 Å². The van der Waals surface area contributed by atoms with Crippen LogP contribution in [0.1, 0.15) is 0 Å². The fourth-order valence-electron chi connectivity index (χ4n) is 0.421. The molecule has 0 aromatic heterocycles. The average molecular weight is 161 g/mol. The first kappa shape index (κ1) is 6.85. The fraction of sp³-hybridized carbons (Fsp3) is 0.250. The molecule has 5 heteroatoms. The summed E-state index contributed by atoms with van der Waals surface area (Å²) in [5.41, 5.74) is 4.51. The van der Waals surface area contributed by atoms with E-state index in [0.29, 0.717) is 0 Å². The van der Waals surface area contributed by atoms with E-state index in [0.717, 1.165) is 0 Å². The summed E-state index contributed by atoms with van der Waals surface area (Å²) >= 11 is 6.23. The van der Waals surface area contributed by atoms with Crippen LogP contribution in [0.5, 0.6) is 0 Å². The van der Waals surface area contributed by atoms with Crippen LogP contribution >= 0.6 is 24.2 Å². The van der Waals surface area contributed by atoms with E-state index in [1.807, 2.05) is 23.2 Å². The number of nitrogens with one attached hydrogen (secondary N) is 1. The highest BCUT2D eigenvalue weighted by atomic mass is 32.2. The third-order valence-electron chi connectivity index (χ3n) is 0.853. The Morgan fingerprint density at radius 3 is 3.11 bits per heavy atom. The Kier molecular flexibility index (Phi) is 2.32. The van der Waals surface area contributed by atoms with Gasteiger partial charge in [0.2, 0.25) is 0 Å². The molecule has 0 aromatic rings. The average Bonchev–Trinajstić information content (AvgIpc) is 2.37. The van der Waals surface area contributed by atoms with Gasteiger partial charge in [0.15, 0.2) is 0 Å². The van der Waals surface area contributed by atoms with Gasteiger partial charge in [-0.2, -0.15) is 0 Å². The molecule has 3 nitrogen and oxygen atoms in total. The van der Waals surface area contributed by atoms with Gasteiger partial charge in [0.25, 0.3) is 0 Å². The molecule has 0 radical (unpaired) electrons. The molecular weight excluding hydrogens is 154 g/mol. The van der Waals surface area contributed by atoms with E-state index < -0.39 is 0 Å². The highest BCUT2D eigenvalue weighted by Crippen LogP contribution is 2.13. The lowest BCUT2D eigenvalue weighted by atomic mass is 11.1. The standard InChI is InChI=1S/C4H7N3S2/c1-6(4-8)7-5-2-3-9-7/h2-5H,1H3. The minimum atomic E-state index is 1.54. The molecule has 1 N–H and O–H groups in total. The number of nitrogens with zero attached hydrogens (tertiary/aromatic N) is 2. The van der Waals surface area contributed by atoms with Crippen LogP contribution in [0.3, 0.4) is 0 Å². The van der Waals surface area contributed by atoms with E-state index in [9.17, 15) is 0 Å². The highest BCUT2D eigenvalue weighted by molar-refractivity contribution is 8.00. The summed E-state index contributed by atoms with van der Waals surface area (Å²) in [6.45, 7) is 0. The van der Waals surface area contributed by atoms with E-state index in [1.165, 1.54) is 0 Å². The van der Waals surface area contributed by atoms with Crippen LogP contribution in [0.4, 0.5) is 0 Å². The number of hydrogen-bond donors (Lipinski definition) is 1. The zero-order valence-electron chi connectivity index (χ0n) is 4.94. The van der Waals surface area contributed by atoms with E-state index in [2.05, 4.69) is 17.6 Å². The molecule has 0 unspecified atom stereocenters. The van der Waals surface area contributed by atoms with Crippen LogP contribution in [-0.4, -0.2) is 22.1 Å². The predicted molar refractivity (Wildman–Crippen MR) is 43.1 cm³/mol. The number of hydrogen-bond acceptors (Lipinski definition) is 4. The summed E-state index contributed by atoms with van der Waals surface area (Å²) in [7, 11) is 1.88. The van der Waals surface area contributed by atoms with Crippen LogP contribution in [0, 0.1) is 0 Å². The molecule has 0 aliphatic carbocycles. The van der Waals surface area contributed by atoms with E-state index in [-0.39, 0.29) is 0 Å². The van der Waals surface area contributed by atoms with E-state index >= 15 is 0 Å². The Morgan fingerprint density at radius 1 is 1.89 bits per heavy atom. The molecule has 1 aliphatic rings. The summed E-state index contributed by atoms with van der Waals surface area (Å²) in [5, 5.41) is 3.72. The zero-order chi connectivity index (χ0) is 6.69. The van der Waals surface area contributed by atoms with Gasteiger partial charge in [0.1, 0.15) is 0 Å². The Morgan fingerprint density at radius 2 is 2.67 bits per heavy atom. The molecule has 1 heterocycles. The van der Waals surface area contributed by atoms with Gasteiger partial charge in [-0.05, 0) is 11.9 Å². The molecule has 1 aliphatic heterocycles. The third kappa shape index (κ3) is 1.57. The van der Waals surface area contributed by atoms with Crippen molar-refractivity contribution in [3.63, 3.8) is 0 Å². The Hall–Kier alpha value is -0.260. The molecule has 1 rings (SSSR count). The van der Waals surface area contributed by atoms with Gasteiger partial charge in [0, 0.05) is 18.7 Å². The second kappa shape index (κ2) is 3.05. The molecule has 9 heavy (non-hydrogen) atoms. The van der Waals surface area contributed by atoms with Crippen molar-refractivity contribution in [2.45, 2.75) is 0 Å². The normalized spacial score (nSPS) is 17.4. The minimum absolute atomic E-state index is 1.54. The number of hydrazine groups is 2. The van der Waals surface area contributed by atoms with Gasteiger partial charge >= 0.3 is 0 Å². The largest absolute Gasteiger partial charge is 0.298 e. The fourth-order valence-corrected chi connectivity index (χ4v) is 1.13. The van der Waals surface area contributed by atoms with Crippen LogP contribution in [0.15, 0.2) is 11.6 Å². The molecule has 50 valence electrons. The first-order valence-corrected chi connectivity index (χ1v) is 3.71. The van der Waals surface area contributed by atoms with Crippen molar-refractivity contribution in [2.24, 2.45) is 0 Å². The van der Waals surface area contributed by atoms with Crippen molar-refractivity contribution >= 4 is 29.7 Å². The summed E-state index contributed by atoms with van der Waals surface area (Å²) < 4.78 is 1.81. The molecule has 0 amide bonds. The smallest absolute Gasteiger partial charge is 0.0814 e. The van der Waals surface area contributed by atoms with Crippen molar-refractivity contribution in [3.05, 3.63) is 11.6 Å². The monoisotopic (exact) mass is 161 g/mol. The lowest BCUT2D eigenvalue weighted by molar-refractivity contribution is 0.177. The van der Waals surface area contributed by atoms with Gasteiger partial charge in [-0.25, -0.2) is 0 Å². The summed E-state index contributed by atoms with van der Waals surface area (Å²) in [6, 6.07) is 0. The summed E-state index contributed by atoms with van der Waals surface area (Å²) in [4.78, 5) is 0. The SMILES string of the molecule is CN(C=S)N1NC=CS1. The van der Waals surface area contributed by atoms with Gasteiger partial charge in [-0.15, -0.1) is 0 Å². The van der Waals surface area contributed by atoms with Crippen molar-refractivity contribution < 1.29 is 0 Å². The van der Waals surface area contributed by atoms with Crippen LogP contribution < -0.4 is 5.43 Å². The third-order valence-corrected chi connectivity index (χ3v) is 1.98. The van der Waals surface area contributed by atoms with Crippen LogP contribution in [-0.2, 0) is 0 Å². The maximum atomic E-state index is 4.69. The molecule has 0 saturated heterocycles. The molecule has 0 aromatic carbocycles. The lowest BCUT2D eigenvalue weighted by Gasteiger charge is -2.22. The number of thiocarbonyl (C=S) groups is 1. The molecule has 0 saturated carbocycles. The Bertz CT molecular complexity index is 128. The van der Waals surface area contributed by atoms with E-state index in [4.69, 9.17) is 0 Å². The molecule has 0 atom stereocenters. The van der Waals surface area contributed by atoms with E-state index in [1.54, 1.807) is 22.4 Å². The Balaban J connectivity index is 2.35. The topological polar surface area (TPSA) is 18.5 Å². The van der Waals surface area contributed by atoms with Gasteiger partial charge in [-0.1, -0.05) is 16.7 Å². The lowest BCUT2D eigenvalue weighted by Crippen LogP contribution is -2.37. The highest BCUT2D eigenvalue weighted by Gasteiger charge is 2.07. The van der Waals surface area contributed by atoms with Crippen molar-refractivity contribution in [1.82, 2.24) is 15.0 Å². The second-order valence-electron chi connectivity index (χ2n) is 1.49. The predicted octanol–water partition coefficient (Wildman–Crippen LogP) is 0.730. The van der Waals surface area contributed by atoms with Crippen molar-refractivity contribution in [2.75, 3.05) is 7.05 Å². The Labute approximate surface area is 63.8 Å². The second-order valence-corrected chi connectivity index (χ2v) is 2.53. The first-order chi connectivity index (χ1) is 4.34. The van der Waals surface area contributed by atoms with Gasteiger partial charge < -0.3 is 0 Å².